The van der Waals surface area contributed by atoms with Gasteiger partial charge in [0.25, 0.3) is 0 Å². The molecule has 0 unspecified atom stereocenters. The number of sulfonamides is 1. The lowest BCUT2D eigenvalue weighted by atomic mass is 9.87. The average Bonchev–Trinajstić information content (AvgIpc) is 2.60. The van der Waals surface area contributed by atoms with Crippen LogP contribution in [0.5, 0.6) is 5.75 Å². The minimum absolute atomic E-state index is 0.121. The predicted molar refractivity (Wildman–Crippen MR) is 107 cm³/mol. The minimum Gasteiger partial charge on any atom is -0.494 e. The van der Waals surface area contributed by atoms with Gasteiger partial charge < -0.3 is 15.0 Å². The van der Waals surface area contributed by atoms with E-state index in [1.165, 1.54) is 16.1 Å². The van der Waals surface area contributed by atoms with E-state index in [4.69, 9.17) is 4.74 Å². The largest absolute Gasteiger partial charge is 0.494 e. The monoisotopic (exact) mass is 397 g/mol. The molecule has 1 N–H and O–H groups in total. The molecule has 1 heterocycles. The Balaban J connectivity index is 1.64. The number of urea groups is 1. The number of rotatable bonds is 6. The van der Waals surface area contributed by atoms with Crippen LogP contribution in [-0.2, 0) is 15.4 Å². The van der Waals surface area contributed by atoms with Gasteiger partial charge in [0.2, 0.25) is 10.0 Å². The molecule has 1 saturated heterocycles. The number of hydrogen-bond donors (Lipinski definition) is 1. The Morgan fingerprint density at radius 3 is 2.22 bits per heavy atom. The van der Waals surface area contributed by atoms with Crippen molar-refractivity contribution in [3.05, 3.63) is 29.8 Å². The van der Waals surface area contributed by atoms with Crippen molar-refractivity contribution in [2.45, 2.75) is 32.6 Å². The zero-order chi connectivity index (χ0) is 20.1. The summed E-state index contributed by atoms with van der Waals surface area (Å²) in [5.74, 6) is 0.825. The van der Waals surface area contributed by atoms with Crippen LogP contribution < -0.4 is 10.1 Å². The van der Waals surface area contributed by atoms with Crippen molar-refractivity contribution >= 4 is 16.1 Å². The first-order chi connectivity index (χ1) is 12.6. The second kappa shape index (κ2) is 8.93. The fourth-order valence-corrected chi connectivity index (χ4v) is 3.67. The Morgan fingerprint density at radius 2 is 1.70 bits per heavy atom. The maximum Gasteiger partial charge on any atom is 0.317 e. The number of carbonyl (C=O) groups is 1. The zero-order valence-corrected chi connectivity index (χ0v) is 17.5. The van der Waals surface area contributed by atoms with Gasteiger partial charge >= 0.3 is 6.03 Å². The van der Waals surface area contributed by atoms with Crippen LogP contribution in [0, 0.1) is 0 Å². The van der Waals surface area contributed by atoms with E-state index in [9.17, 15) is 13.2 Å². The van der Waals surface area contributed by atoms with Gasteiger partial charge in [-0.15, -0.1) is 0 Å². The van der Waals surface area contributed by atoms with Gasteiger partial charge in [0.15, 0.2) is 0 Å². The highest BCUT2D eigenvalue weighted by atomic mass is 32.2. The smallest absolute Gasteiger partial charge is 0.317 e. The summed E-state index contributed by atoms with van der Waals surface area (Å²) < 4.78 is 30.1. The number of nitrogens with zero attached hydrogens (tertiary/aromatic N) is 2. The molecular formula is C19H31N3O4S. The molecule has 8 heteroatoms. The van der Waals surface area contributed by atoms with Crippen molar-refractivity contribution in [3.63, 3.8) is 0 Å². The third-order valence-corrected chi connectivity index (χ3v) is 5.88. The van der Waals surface area contributed by atoms with Gasteiger partial charge in [-0.1, -0.05) is 32.9 Å². The van der Waals surface area contributed by atoms with Crippen LogP contribution in [0.25, 0.3) is 0 Å². The van der Waals surface area contributed by atoms with E-state index >= 15 is 0 Å². The van der Waals surface area contributed by atoms with Crippen LogP contribution in [0.3, 0.4) is 0 Å². The van der Waals surface area contributed by atoms with Crippen molar-refractivity contribution in [2.75, 3.05) is 45.6 Å². The molecule has 1 aliphatic heterocycles. The molecule has 152 valence electrons. The topological polar surface area (TPSA) is 79.0 Å². The van der Waals surface area contributed by atoms with Gasteiger partial charge in [-0.05, 0) is 29.5 Å². The third kappa shape index (κ3) is 6.70. The van der Waals surface area contributed by atoms with E-state index in [1.807, 2.05) is 12.1 Å². The summed E-state index contributed by atoms with van der Waals surface area (Å²) in [4.78, 5) is 13.8. The van der Waals surface area contributed by atoms with Crippen LogP contribution >= 0.6 is 0 Å². The van der Waals surface area contributed by atoms with Crippen molar-refractivity contribution in [1.29, 1.82) is 0 Å². The Bertz CT molecular complexity index is 718. The molecule has 27 heavy (non-hydrogen) atoms. The van der Waals surface area contributed by atoms with Gasteiger partial charge in [-0.3, -0.25) is 0 Å². The van der Waals surface area contributed by atoms with E-state index < -0.39 is 10.0 Å². The molecule has 0 radical (unpaired) electrons. The summed E-state index contributed by atoms with van der Waals surface area (Å²) in [7, 11) is -3.18. The first kappa shape index (κ1) is 21.5. The van der Waals surface area contributed by atoms with Crippen LogP contribution in [-0.4, -0.2) is 69.2 Å². The zero-order valence-electron chi connectivity index (χ0n) is 16.7. The van der Waals surface area contributed by atoms with Crippen molar-refractivity contribution < 1.29 is 17.9 Å². The van der Waals surface area contributed by atoms with Gasteiger partial charge in [-0.25, -0.2) is 13.2 Å². The molecule has 0 aromatic heterocycles. The van der Waals surface area contributed by atoms with E-state index in [0.29, 0.717) is 45.8 Å². The van der Waals surface area contributed by atoms with Gasteiger partial charge in [0.1, 0.15) is 5.75 Å². The highest BCUT2D eigenvalue weighted by molar-refractivity contribution is 7.88. The predicted octanol–water partition coefficient (Wildman–Crippen LogP) is 2.04. The van der Waals surface area contributed by atoms with E-state index in [0.717, 1.165) is 5.75 Å². The molecule has 2 rings (SSSR count). The highest BCUT2D eigenvalue weighted by Crippen LogP contribution is 2.24. The Kier molecular flexibility index (Phi) is 7.11. The number of nitrogens with one attached hydrogen (secondary N) is 1. The minimum atomic E-state index is -3.18. The SMILES string of the molecule is CC(C)(C)c1ccc(OCCCNC(=O)N2CCN(S(C)(=O)=O)CC2)cc1. The number of piperazine rings is 1. The number of benzene rings is 1. The Labute approximate surface area is 162 Å². The number of hydrogen-bond acceptors (Lipinski definition) is 4. The first-order valence-corrected chi connectivity index (χ1v) is 11.1. The van der Waals surface area contributed by atoms with Crippen LogP contribution in [0.1, 0.15) is 32.8 Å². The lowest BCUT2D eigenvalue weighted by Crippen LogP contribution is -2.53. The van der Waals surface area contributed by atoms with Gasteiger partial charge in [0.05, 0.1) is 12.9 Å². The maximum absolute atomic E-state index is 12.1. The fourth-order valence-electron chi connectivity index (χ4n) is 2.84. The number of ether oxygens (including phenoxy) is 1. The fraction of sp³-hybridized carbons (Fsp3) is 0.632. The molecule has 7 nitrogen and oxygen atoms in total. The molecule has 0 bridgehead atoms. The lowest BCUT2D eigenvalue weighted by Gasteiger charge is -2.33. The molecule has 0 saturated carbocycles. The molecule has 1 aromatic carbocycles. The van der Waals surface area contributed by atoms with E-state index in [-0.39, 0.29) is 11.4 Å². The number of carbonyl (C=O) groups excluding carboxylic acids is 1. The quantitative estimate of drug-likeness (QED) is 0.745. The molecule has 1 aromatic rings. The van der Waals surface area contributed by atoms with E-state index in [2.05, 4.69) is 38.2 Å². The van der Waals surface area contributed by atoms with Gasteiger partial charge in [-0.2, -0.15) is 4.31 Å². The highest BCUT2D eigenvalue weighted by Gasteiger charge is 2.25. The van der Waals surface area contributed by atoms with Crippen LogP contribution in [0.4, 0.5) is 4.79 Å². The summed E-state index contributed by atoms with van der Waals surface area (Å²) >= 11 is 0. The molecule has 1 fully saturated rings. The van der Waals surface area contributed by atoms with Crippen molar-refractivity contribution in [3.8, 4) is 5.75 Å². The molecule has 0 aliphatic carbocycles. The van der Waals surface area contributed by atoms with Crippen LogP contribution in [0.2, 0.25) is 0 Å². The van der Waals surface area contributed by atoms with Crippen LogP contribution in [0.15, 0.2) is 24.3 Å². The molecular weight excluding hydrogens is 366 g/mol. The summed E-state index contributed by atoms with van der Waals surface area (Å²) in [6.45, 7) is 9.08. The third-order valence-electron chi connectivity index (χ3n) is 4.58. The average molecular weight is 398 g/mol. The maximum atomic E-state index is 12.1. The summed E-state index contributed by atoms with van der Waals surface area (Å²) in [6.07, 6.45) is 1.90. The van der Waals surface area contributed by atoms with Gasteiger partial charge in [0, 0.05) is 32.7 Å². The normalized spacial score (nSPS) is 16.2. The second-order valence-corrected chi connectivity index (χ2v) is 9.84. The summed E-state index contributed by atoms with van der Waals surface area (Å²) in [5, 5.41) is 2.86. The summed E-state index contributed by atoms with van der Waals surface area (Å²) in [6, 6.07) is 7.94. The molecule has 0 spiro atoms. The van der Waals surface area contributed by atoms with Crippen molar-refractivity contribution in [2.24, 2.45) is 0 Å². The molecule has 1 aliphatic rings. The molecule has 0 atom stereocenters. The first-order valence-electron chi connectivity index (χ1n) is 9.28. The van der Waals surface area contributed by atoms with Crippen molar-refractivity contribution in [1.82, 2.24) is 14.5 Å². The lowest BCUT2D eigenvalue weighted by molar-refractivity contribution is 0.172. The molecule has 2 amide bonds. The van der Waals surface area contributed by atoms with E-state index in [1.54, 1.807) is 4.90 Å². The standard InChI is InChI=1S/C19H31N3O4S/c1-19(2,3)16-6-8-17(9-7-16)26-15-5-10-20-18(23)21-11-13-22(14-12-21)27(4,24)25/h6-9H,5,10-15H2,1-4H3,(H,20,23). The number of amides is 2. The Hall–Kier alpha value is -1.80. The second-order valence-electron chi connectivity index (χ2n) is 7.86. The Morgan fingerprint density at radius 1 is 1.11 bits per heavy atom. The summed E-state index contributed by atoms with van der Waals surface area (Å²) in [5.41, 5.74) is 1.38.